The largest absolute Gasteiger partial charge is 0.339 e. The van der Waals surface area contributed by atoms with Gasteiger partial charge in [-0.25, -0.2) is 0 Å². The fourth-order valence-electron chi connectivity index (χ4n) is 2.76. The Balaban J connectivity index is 0. The first-order chi connectivity index (χ1) is 7.99. The van der Waals surface area contributed by atoms with Gasteiger partial charge in [-0.15, -0.1) is 24.8 Å². The topological polar surface area (TPSA) is 58.4 Å². The van der Waals surface area contributed by atoms with Gasteiger partial charge < -0.3 is 16.0 Å². The molecule has 0 bridgehead atoms. The Morgan fingerprint density at radius 3 is 1.95 bits per heavy atom. The SMILES string of the molecule is CCC(CC)(CN)C(=O)N1CC(C)NC(C)C1.Cl.Cl. The van der Waals surface area contributed by atoms with Gasteiger partial charge in [0.05, 0.1) is 5.41 Å². The molecule has 19 heavy (non-hydrogen) atoms. The third-order valence-corrected chi connectivity index (χ3v) is 4.04. The molecule has 0 aromatic carbocycles. The van der Waals surface area contributed by atoms with Crippen LogP contribution < -0.4 is 11.1 Å². The summed E-state index contributed by atoms with van der Waals surface area (Å²) in [5.74, 6) is 0.241. The number of halogens is 2. The molecule has 1 heterocycles. The highest BCUT2D eigenvalue weighted by atomic mass is 35.5. The molecule has 0 aliphatic carbocycles. The molecule has 0 spiro atoms. The summed E-state index contributed by atoms with van der Waals surface area (Å²) < 4.78 is 0. The van der Waals surface area contributed by atoms with Crippen molar-refractivity contribution in [1.82, 2.24) is 10.2 Å². The molecular formula is C13H29Cl2N3O. The van der Waals surface area contributed by atoms with E-state index in [1.807, 2.05) is 4.90 Å². The highest BCUT2D eigenvalue weighted by Gasteiger charge is 2.38. The van der Waals surface area contributed by atoms with Crippen LogP contribution in [0, 0.1) is 5.41 Å². The van der Waals surface area contributed by atoms with Gasteiger partial charge in [0.25, 0.3) is 0 Å². The minimum absolute atomic E-state index is 0. The predicted molar refractivity (Wildman–Crippen MR) is 85.2 cm³/mol. The number of piperazine rings is 1. The van der Waals surface area contributed by atoms with E-state index in [9.17, 15) is 4.79 Å². The molecule has 3 N–H and O–H groups in total. The highest BCUT2D eigenvalue weighted by Crippen LogP contribution is 2.28. The van der Waals surface area contributed by atoms with Crippen molar-refractivity contribution in [2.75, 3.05) is 19.6 Å². The van der Waals surface area contributed by atoms with Gasteiger partial charge >= 0.3 is 0 Å². The average molecular weight is 314 g/mol. The molecule has 1 fully saturated rings. The molecule has 1 rings (SSSR count). The Morgan fingerprint density at radius 1 is 1.21 bits per heavy atom. The highest BCUT2D eigenvalue weighted by molar-refractivity contribution is 5.85. The van der Waals surface area contributed by atoms with E-state index in [1.165, 1.54) is 0 Å². The van der Waals surface area contributed by atoms with E-state index in [1.54, 1.807) is 0 Å². The van der Waals surface area contributed by atoms with E-state index >= 15 is 0 Å². The molecule has 0 aromatic heterocycles. The van der Waals surface area contributed by atoms with E-state index in [4.69, 9.17) is 5.73 Å². The molecule has 0 aromatic rings. The molecule has 1 amide bonds. The van der Waals surface area contributed by atoms with Crippen molar-refractivity contribution in [3.8, 4) is 0 Å². The molecule has 1 aliphatic heterocycles. The molecular weight excluding hydrogens is 285 g/mol. The molecule has 2 atom stereocenters. The summed E-state index contributed by atoms with van der Waals surface area (Å²) in [4.78, 5) is 14.6. The average Bonchev–Trinajstić information content (AvgIpc) is 2.30. The molecule has 116 valence electrons. The number of hydrogen-bond acceptors (Lipinski definition) is 3. The maximum Gasteiger partial charge on any atom is 0.230 e. The van der Waals surface area contributed by atoms with E-state index in [0.717, 1.165) is 25.9 Å². The van der Waals surface area contributed by atoms with Gasteiger partial charge in [-0.05, 0) is 26.7 Å². The van der Waals surface area contributed by atoms with Crippen molar-refractivity contribution < 1.29 is 4.79 Å². The molecule has 0 saturated carbocycles. The number of nitrogens with two attached hydrogens (primary N) is 1. The molecule has 1 saturated heterocycles. The second-order valence-corrected chi connectivity index (χ2v) is 5.37. The number of nitrogens with zero attached hydrogens (tertiary/aromatic N) is 1. The number of rotatable bonds is 4. The second-order valence-electron chi connectivity index (χ2n) is 5.37. The number of hydrogen-bond donors (Lipinski definition) is 2. The van der Waals surface area contributed by atoms with E-state index < -0.39 is 0 Å². The minimum atomic E-state index is -0.350. The van der Waals surface area contributed by atoms with Crippen LogP contribution in [-0.2, 0) is 4.79 Å². The fourth-order valence-corrected chi connectivity index (χ4v) is 2.76. The van der Waals surface area contributed by atoms with Crippen LogP contribution in [0.25, 0.3) is 0 Å². The van der Waals surface area contributed by atoms with E-state index in [-0.39, 0.29) is 36.1 Å². The van der Waals surface area contributed by atoms with Crippen LogP contribution in [0.2, 0.25) is 0 Å². The van der Waals surface area contributed by atoms with Crippen molar-refractivity contribution in [3.05, 3.63) is 0 Å². The van der Waals surface area contributed by atoms with Gasteiger partial charge in [0.1, 0.15) is 0 Å². The number of carbonyl (C=O) groups is 1. The van der Waals surface area contributed by atoms with Crippen molar-refractivity contribution in [1.29, 1.82) is 0 Å². The number of amides is 1. The van der Waals surface area contributed by atoms with Crippen molar-refractivity contribution in [3.63, 3.8) is 0 Å². The van der Waals surface area contributed by atoms with Crippen LogP contribution in [0.1, 0.15) is 40.5 Å². The normalized spacial score (nSPS) is 23.3. The number of carbonyl (C=O) groups excluding carboxylic acids is 1. The van der Waals surface area contributed by atoms with Gasteiger partial charge in [-0.1, -0.05) is 13.8 Å². The lowest BCUT2D eigenvalue weighted by Crippen LogP contribution is -2.59. The zero-order valence-electron chi connectivity index (χ0n) is 12.4. The Kier molecular flexibility index (Phi) is 10.1. The first-order valence-corrected chi connectivity index (χ1v) is 6.74. The third-order valence-electron chi connectivity index (χ3n) is 4.04. The lowest BCUT2D eigenvalue weighted by atomic mass is 9.80. The van der Waals surface area contributed by atoms with Crippen LogP contribution >= 0.6 is 24.8 Å². The van der Waals surface area contributed by atoms with Gasteiger partial charge in [0.2, 0.25) is 5.91 Å². The fraction of sp³-hybridized carbons (Fsp3) is 0.923. The Hall–Kier alpha value is -0.0300. The Labute approximate surface area is 129 Å². The summed E-state index contributed by atoms with van der Waals surface area (Å²) >= 11 is 0. The van der Waals surface area contributed by atoms with Crippen molar-refractivity contribution >= 4 is 30.7 Å². The van der Waals surface area contributed by atoms with Gasteiger partial charge in [0.15, 0.2) is 0 Å². The molecule has 1 aliphatic rings. The molecule has 4 nitrogen and oxygen atoms in total. The van der Waals surface area contributed by atoms with Gasteiger partial charge in [-0.2, -0.15) is 0 Å². The van der Waals surface area contributed by atoms with Crippen molar-refractivity contribution in [2.45, 2.75) is 52.6 Å². The third kappa shape index (κ3) is 4.78. The minimum Gasteiger partial charge on any atom is -0.339 e. The first-order valence-electron chi connectivity index (χ1n) is 6.74. The summed E-state index contributed by atoms with van der Waals surface area (Å²) in [7, 11) is 0. The standard InChI is InChI=1S/C13H27N3O.2ClH/c1-5-13(6-2,9-14)12(17)16-7-10(3)15-11(4)8-16;;/h10-11,15H,5-9,14H2,1-4H3;2*1H. The smallest absolute Gasteiger partial charge is 0.230 e. The van der Waals surface area contributed by atoms with Crippen LogP contribution in [0.15, 0.2) is 0 Å². The number of nitrogens with one attached hydrogen (secondary N) is 1. The van der Waals surface area contributed by atoms with E-state index in [0.29, 0.717) is 18.6 Å². The Morgan fingerprint density at radius 2 is 1.63 bits per heavy atom. The van der Waals surface area contributed by atoms with E-state index in [2.05, 4.69) is 33.0 Å². The van der Waals surface area contributed by atoms with Crippen LogP contribution in [0.5, 0.6) is 0 Å². The van der Waals surface area contributed by atoms with Crippen molar-refractivity contribution in [2.24, 2.45) is 11.1 Å². The maximum atomic E-state index is 12.6. The summed E-state index contributed by atoms with van der Waals surface area (Å²) in [5, 5.41) is 3.44. The quantitative estimate of drug-likeness (QED) is 0.832. The maximum absolute atomic E-state index is 12.6. The van der Waals surface area contributed by atoms with Crippen LogP contribution in [-0.4, -0.2) is 42.5 Å². The van der Waals surface area contributed by atoms with Gasteiger partial charge in [-0.3, -0.25) is 4.79 Å². The summed E-state index contributed by atoms with van der Waals surface area (Å²) in [5.41, 5.74) is 5.49. The lowest BCUT2D eigenvalue weighted by Gasteiger charge is -2.41. The van der Waals surface area contributed by atoms with Crippen LogP contribution in [0.3, 0.4) is 0 Å². The van der Waals surface area contributed by atoms with Gasteiger partial charge in [0, 0.05) is 31.7 Å². The zero-order valence-corrected chi connectivity index (χ0v) is 14.1. The summed E-state index contributed by atoms with van der Waals surface area (Å²) in [6, 6.07) is 0.735. The molecule has 0 radical (unpaired) electrons. The lowest BCUT2D eigenvalue weighted by molar-refractivity contribution is -0.144. The zero-order chi connectivity index (χ0) is 13.1. The Bertz CT molecular complexity index is 254. The predicted octanol–water partition coefficient (Wildman–Crippen LogP) is 1.80. The summed E-state index contributed by atoms with van der Waals surface area (Å²) in [6.07, 6.45) is 1.65. The second kappa shape index (κ2) is 9.01. The first kappa shape index (κ1) is 21.3. The molecule has 6 heteroatoms. The monoisotopic (exact) mass is 313 g/mol. The molecule has 2 unspecified atom stereocenters. The summed E-state index contributed by atoms with van der Waals surface area (Å²) in [6.45, 7) is 10.4. The van der Waals surface area contributed by atoms with Crippen LogP contribution in [0.4, 0.5) is 0 Å².